The minimum atomic E-state index is -1.16. The SMILES string of the molecule is C=C/C=C(\C=C)C(O)C(C)NC(=O)C(C)C(OC)C1CCCN1C(=O)CC(OC)C(C(C)CC)N(C)C(=O)CC(C)(C)O. The van der Waals surface area contributed by atoms with Crippen LogP contribution in [0.15, 0.2) is 37.0 Å². The van der Waals surface area contributed by atoms with Gasteiger partial charge < -0.3 is 34.8 Å². The van der Waals surface area contributed by atoms with E-state index < -0.39 is 35.9 Å². The first-order valence-corrected chi connectivity index (χ1v) is 15.3. The van der Waals surface area contributed by atoms with Crippen LogP contribution < -0.4 is 5.32 Å². The van der Waals surface area contributed by atoms with Crippen LogP contribution in [-0.4, -0.2) is 108 Å². The van der Waals surface area contributed by atoms with Crippen LogP contribution in [0.4, 0.5) is 0 Å². The lowest BCUT2D eigenvalue weighted by molar-refractivity contribution is -0.147. The van der Waals surface area contributed by atoms with Gasteiger partial charge in [0.05, 0.1) is 60.8 Å². The molecule has 0 aliphatic carbocycles. The second-order valence-corrected chi connectivity index (χ2v) is 12.5. The molecule has 3 N–H and O–H groups in total. The van der Waals surface area contributed by atoms with Crippen molar-refractivity contribution < 1.29 is 34.1 Å². The van der Waals surface area contributed by atoms with Crippen molar-refractivity contribution in [1.82, 2.24) is 15.1 Å². The van der Waals surface area contributed by atoms with E-state index in [1.54, 1.807) is 63.8 Å². The van der Waals surface area contributed by atoms with Crippen LogP contribution in [0.25, 0.3) is 0 Å². The monoisotopic (exact) mass is 607 g/mol. The Bertz CT molecular complexity index is 976. The summed E-state index contributed by atoms with van der Waals surface area (Å²) in [4.78, 5) is 43.5. The van der Waals surface area contributed by atoms with Gasteiger partial charge in [-0.25, -0.2) is 0 Å². The molecule has 0 saturated carbocycles. The van der Waals surface area contributed by atoms with E-state index in [0.717, 1.165) is 12.8 Å². The van der Waals surface area contributed by atoms with Gasteiger partial charge in [-0.2, -0.15) is 0 Å². The first kappa shape index (κ1) is 38.5. The number of likely N-dealkylation sites (N-methyl/N-ethyl adjacent to an activating group) is 1. The molecule has 0 radical (unpaired) electrons. The van der Waals surface area contributed by atoms with Gasteiger partial charge in [0.2, 0.25) is 17.7 Å². The van der Waals surface area contributed by atoms with Crippen LogP contribution in [0.5, 0.6) is 0 Å². The fourth-order valence-electron chi connectivity index (χ4n) is 5.97. The number of carbonyl (C=O) groups excluding carboxylic acids is 3. The van der Waals surface area contributed by atoms with Crippen LogP contribution in [-0.2, 0) is 23.9 Å². The molecular weight excluding hydrogens is 550 g/mol. The van der Waals surface area contributed by atoms with Crippen LogP contribution in [0, 0.1) is 11.8 Å². The van der Waals surface area contributed by atoms with Crippen molar-refractivity contribution in [2.45, 2.75) is 116 Å². The number of aliphatic hydroxyl groups is 2. The van der Waals surface area contributed by atoms with Crippen molar-refractivity contribution in [2.24, 2.45) is 11.8 Å². The van der Waals surface area contributed by atoms with Crippen LogP contribution in [0.2, 0.25) is 0 Å². The number of hydrogen-bond donors (Lipinski definition) is 3. The van der Waals surface area contributed by atoms with Gasteiger partial charge in [0, 0.05) is 27.8 Å². The van der Waals surface area contributed by atoms with Gasteiger partial charge in [-0.05, 0) is 45.1 Å². The predicted molar refractivity (Wildman–Crippen MR) is 169 cm³/mol. The number of rotatable bonds is 18. The number of carbonyl (C=O) groups is 3. The summed E-state index contributed by atoms with van der Waals surface area (Å²) >= 11 is 0. The Morgan fingerprint density at radius 2 is 1.79 bits per heavy atom. The Labute approximate surface area is 259 Å². The van der Waals surface area contributed by atoms with Gasteiger partial charge in [0.1, 0.15) is 0 Å². The zero-order valence-corrected chi connectivity index (χ0v) is 27.8. The normalized spacial score (nSPS) is 20.8. The maximum absolute atomic E-state index is 13.8. The lowest BCUT2D eigenvalue weighted by Crippen LogP contribution is -2.54. The Morgan fingerprint density at radius 1 is 1.16 bits per heavy atom. The largest absolute Gasteiger partial charge is 0.390 e. The molecule has 0 aromatic rings. The Morgan fingerprint density at radius 3 is 2.28 bits per heavy atom. The molecule has 3 amide bonds. The molecular formula is C33H57N3O7. The molecule has 0 aromatic carbocycles. The third-order valence-corrected chi connectivity index (χ3v) is 8.62. The molecule has 8 unspecified atom stereocenters. The van der Waals surface area contributed by atoms with Gasteiger partial charge in [-0.3, -0.25) is 14.4 Å². The molecule has 43 heavy (non-hydrogen) atoms. The molecule has 0 bridgehead atoms. The van der Waals surface area contributed by atoms with Gasteiger partial charge >= 0.3 is 0 Å². The number of ether oxygens (including phenoxy) is 2. The summed E-state index contributed by atoms with van der Waals surface area (Å²) in [6, 6.07) is -1.28. The molecule has 1 rings (SSSR count). The number of allylic oxidation sites excluding steroid dienone is 2. The average molecular weight is 608 g/mol. The van der Waals surface area contributed by atoms with E-state index in [-0.39, 0.29) is 48.6 Å². The number of aliphatic hydroxyl groups excluding tert-OH is 1. The van der Waals surface area contributed by atoms with E-state index in [1.165, 1.54) is 13.2 Å². The van der Waals surface area contributed by atoms with Crippen molar-refractivity contribution in [3.8, 4) is 0 Å². The fraction of sp³-hybridized carbons (Fsp3) is 0.727. The van der Waals surface area contributed by atoms with E-state index >= 15 is 0 Å². The highest BCUT2D eigenvalue weighted by atomic mass is 16.5. The molecule has 0 aromatic heterocycles. The summed E-state index contributed by atoms with van der Waals surface area (Å²) in [5.41, 5.74) is -0.612. The zero-order chi connectivity index (χ0) is 33.1. The second-order valence-electron chi connectivity index (χ2n) is 12.5. The number of hydrogen-bond acceptors (Lipinski definition) is 7. The summed E-state index contributed by atoms with van der Waals surface area (Å²) < 4.78 is 11.7. The molecule has 10 heteroatoms. The maximum atomic E-state index is 13.8. The number of amides is 3. The summed E-state index contributed by atoms with van der Waals surface area (Å²) in [5.74, 6) is -1.21. The highest BCUT2D eigenvalue weighted by Gasteiger charge is 2.42. The lowest BCUT2D eigenvalue weighted by atomic mass is 9.89. The average Bonchev–Trinajstić information content (AvgIpc) is 3.43. The minimum absolute atomic E-state index is 0.0404. The first-order chi connectivity index (χ1) is 20.1. The second kappa shape index (κ2) is 17.7. The van der Waals surface area contributed by atoms with Crippen molar-refractivity contribution in [3.63, 3.8) is 0 Å². The smallest absolute Gasteiger partial charge is 0.225 e. The van der Waals surface area contributed by atoms with Crippen molar-refractivity contribution >= 4 is 17.7 Å². The van der Waals surface area contributed by atoms with Crippen LogP contribution in [0.3, 0.4) is 0 Å². The van der Waals surface area contributed by atoms with Crippen LogP contribution >= 0.6 is 0 Å². The Balaban J connectivity index is 3.11. The van der Waals surface area contributed by atoms with Gasteiger partial charge in [0.15, 0.2) is 0 Å². The fourth-order valence-corrected chi connectivity index (χ4v) is 5.97. The van der Waals surface area contributed by atoms with Crippen molar-refractivity contribution in [1.29, 1.82) is 0 Å². The summed E-state index contributed by atoms with van der Waals surface area (Å²) in [7, 11) is 4.78. The minimum Gasteiger partial charge on any atom is -0.390 e. The molecule has 246 valence electrons. The van der Waals surface area contributed by atoms with Gasteiger partial charge in [-0.15, -0.1) is 0 Å². The number of likely N-dealkylation sites (tertiary alicyclic amines) is 1. The Hall–Kier alpha value is -2.53. The summed E-state index contributed by atoms with van der Waals surface area (Å²) in [6.45, 7) is 18.6. The van der Waals surface area contributed by atoms with Crippen molar-refractivity contribution in [3.05, 3.63) is 37.0 Å². The molecule has 1 heterocycles. The molecule has 1 fully saturated rings. The molecule has 8 atom stereocenters. The number of nitrogens with zero attached hydrogens (tertiary/aromatic N) is 2. The predicted octanol–water partition coefficient (Wildman–Crippen LogP) is 3.23. The van der Waals surface area contributed by atoms with Gasteiger partial charge in [0.25, 0.3) is 0 Å². The standard InChI is InChI=1S/C33H57N3O7/c1-12-16-24(14-3)30(39)23(6)34-32(40)22(5)31(43-11)25-17-15-18-36(25)27(37)19-26(42-10)29(21(4)13-2)35(9)28(38)20-33(7,8)41/h12,14,16,21-23,25-26,29-31,39,41H,1,3,13,15,17-20H2,2,4-11H3,(H,34,40)/b24-16+. The number of nitrogens with one attached hydrogen (secondary N) is 1. The Kier molecular flexibility index (Phi) is 15.8. The molecule has 0 spiro atoms. The molecule has 1 aliphatic heterocycles. The highest BCUT2D eigenvalue weighted by molar-refractivity contribution is 5.81. The van der Waals surface area contributed by atoms with E-state index in [0.29, 0.717) is 18.5 Å². The quantitative estimate of drug-likeness (QED) is 0.204. The number of methoxy groups -OCH3 is 2. The highest BCUT2D eigenvalue weighted by Crippen LogP contribution is 2.29. The molecule has 1 aliphatic rings. The van der Waals surface area contributed by atoms with E-state index in [1.807, 2.05) is 13.8 Å². The lowest BCUT2D eigenvalue weighted by Gasteiger charge is -2.40. The summed E-state index contributed by atoms with van der Waals surface area (Å²) in [6.07, 6.45) is 4.86. The van der Waals surface area contributed by atoms with E-state index in [4.69, 9.17) is 9.47 Å². The zero-order valence-electron chi connectivity index (χ0n) is 27.8. The molecule has 1 saturated heterocycles. The topological polar surface area (TPSA) is 129 Å². The van der Waals surface area contributed by atoms with E-state index in [2.05, 4.69) is 18.5 Å². The van der Waals surface area contributed by atoms with Crippen LogP contribution in [0.1, 0.15) is 73.6 Å². The molecule has 10 nitrogen and oxygen atoms in total. The first-order valence-electron chi connectivity index (χ1n) is 15.3. The maximum Gasteiger partial charge on any atom is 0.225 e. The van der Waals surface area contributed by atoms with E-state index in [9.17, 15) is 24.6 Å². The van der Waals surface area contributed by atoms with Crippen molar-refractivity contribution in [2.75, 3.05) is 27.8 Å². The third kappa shape index (κ3) is 10.8. The third-order valence-electron chi connectivity index (χ3n) is 8.62. The summed E-state index contributed by atoms with van der Waals surface area (Å²) in [5, 5.41) is 23.8. The van der Waals surface area contributed by atoms with Gasteiger partial charge in [-0.1, -0.05) is 58.6 Å².